The highest BCUT2D eigenvalue weighted by atomic mass is 19.1. The van der Waals surface area contributed by atoms with E-state index in [1.54, 1.807) is 19.1 Å². The van der Waals surface area contributed by atoms with Crippen molar-refractivity contribution in [3.63, 3.8) is 0 Å². The fraction of sp³-hybridized carbons (Fsp3) is 0.182. The molecule has 4 heteroatoms. The predicted octanol–water partition coefficient (Wildman–Crippen LogP) is 2.20. The van der Waals surface area contributed by atoms with Gasteiger partial charge in [-0.2, -0.15) is 0 Å². The second-order valence-electron chi connectivity index (χ2n) is 3.29. The zero-order valence-corrected chi connectivity index (χ0v) is 8.14. The average Bonchev–Trinajstić information content (AvgIpc) is 2.64. The van der Waals surface area contributed by atoms with Gasteiger partial charge in [0.1, 0.15) is 23.4 Å². The van der Waals surface area contributed by atoms with Gasteiger partial charge >= 0.3 is 0 Å². The third-order valence-corrected chi connectivity index (χ3v) is 2.07. The lowest BCUT2D eigenvalue weighted by atomic mass is 10.1. The number of halogens is 1. The van der Waals surface area contributed by atoms with E-state index < -0.39 is 11.9 Å². The van der Waals surface area contributed by atoms with E-state index in [9.17, 15) is 9.50 Å². The Kier molecular flexibility index (Phi) is 2.51. The third-order valence-electron chi connectivity index (χ3n) is 2.07. The van der Waals surface area contributed by atoms with Gasteiger partial charge in [0.2, 0.25) is 0 Å². The van der Waals surface area contributed by atoms with Gasteiger partial charge in [0.25, 0.3) is 0 Å². The predicted molar refractivity (Wildman–Crippen MR) is 51.7 cm³/mol. The van der Waals surface area contributed by atoms with E-state index in [4.69, 9.17) is 4.42 Å². The van der Waals surface area contributed by atoms with E-state index in [-0.39, 0.29) is 0 Å². The molecule has 0 spiro atoms. The van der Waals surface area contributed by atoms with E-state index in [0.29, 0.717) is 17.1 Å². The summed E-state index contributed by atoms with van der Waals surface area (Å²) in [5.41, 5.74) is 0.379. The van der Waals surface area contributed by atoms with Gasteiger partial charge in [-0.3, -0.25) is 4.98 Å². The molecule has 1 atom stereocenters. The van der Waals surface area contributed by atoms with Gasteiger partial charge in [0.15, 0.2) is 0 Å². The quantitative estimate of drug-likeness (QED) is 0.821. The molecule has 0 aliphatic heterocycles. The van der Waals surface area contributed by atoms with Crippen molar-refractivity contribution in [2.24, 2.45) is 0 Å². The molecule has 2 aromatic rings. The number of nitrogens with zero attached hydrogens (tertiary/aromatic N) is 1. The van der Waals surface area contributed by atoms with Crippen LogP contribution >= 0.6 is 0 Å². The van der Waals surface area contributed by atoms with Crippen LogP contribution in [0.5, 0.6) is 0 Å². The Hall–Kier alpha value is -1.68. The molecule has 0 aliphatic carbocycles. The number of aryl methyl sites for hydroxylation is 1. The van der Waals surface area contributed by atoms with E-state index in [1.807, 2.05) is 0 Å². The Morgan fingerprint density at radius 3 is 2.80 bits per heavy atom. The van der Waals surface area contributed by atoms with Crippen LogP contribution in [0.4, 0.5) is 4.39 Å². The molecule has 0 aliphatic rings. The van der Waals surface area contributed by atoms with Crippen molar-refractivity contribution in [3.8, 4) is 0 Å². The summed E-state index contributed by atoms with van der Waals surface area (Å²) in [5.74, 6) is 0.614. The summed E-state index contributed by atoms with van der Waals surface area (Å²) in [5, 5.41) is 9.83. The molecule has 0 saturated carbocycles. The van der Waals surface area contributed by atoms with E-state index in [0.717, 1.165) is 6.20 Å². The van der Waals surface area contributed by atoms with Gasteiger partial charge in [0.05, 0.1) is 6.20 Å². The van der Waals surface area contributed by atoms with Crippen molar-refractivity contribution in [2.75, 3.05) is 0 Å². The second kappa shape index (κ2) is 3.82. The van der Waals surface area contributed by atoms with Gasteiger partial charge in [-0.1, -0.05) is 0 Å². The fourth-order valence-electron chi connectivity index (χ4n) is 1.34. The minimum atomic E-state index is -0.970. The highest BCUT2D eigenvalue weighted by Gasteiger charge is 2.14. The number of aliphatic hydroxyl groups excluding tert-OH is 1. The summed E-state index contributed by atoms with van der Waals surface area (Å²) in [6.45, 7) is 1.78. The van der Waals surface area contributed by atoms with Gasteiger partial charge in [-0.25, -0.2) is 4.39 Å². The second-order valence-corrected chi connectivity index (χ2v) is 3.29. The number of rotatable bonds is 2. The molecule has 15 heavy (non-hydrogen) atoms. The molecule has 0 radical (unpaired) electrons. The first-order chi connectivity index (χ1) is 7.16. The monoisotopic (exact) mass is 207 g/mol. The first kappa shape index (κ1) is 9.86. The number of hydrogen-bond donors (Lipinski definition) is 1. The number of aromatic nitrogens is 1. The molecule has 2 rings (SSSR count). The maximum absolute atomic E-state index is 12.8. The average molecular weight is 207 g/mol. The molecule has 0 saturated heterocycles. The summed E-state index contributed by atoms with van der Waals surface area (Å²) in [6, 6.07) is 4.63. The van der Waals surface area contributed by atoms with Crippen LogP contribution in [0.25, 0.3) is 0 Å². The smallest absolute Gasteiger partial charge is 0.141 e. The van der Waals surface area contributed by atoms with Crippen LogP contribution < -0.4 is 0 Å². The number of aliphatic hydroxyl groups is 1. The van der Waals surface area contributed by atoms with Gasteiger partial charge in [-0.15, -0.1) is 0 Å². The number of hydrogen-bond acceptors (Lipinski definition) is 3. The Morgan fingerprint density at radius 1 is 1.40 bits per heavy atom. The van der Waals surface area contributed by atoms with E-state index in [1.165, 1.54) is 12.3 Å². The topological polar surface area (TPSA) is 46.3 Å². The van der Waals surface area contributed by atoms with Crippen LogP contribution in [-0.2, 0) is 0 Å². The van der Waals surface area contributed by atoms with Crippen LogP contribution in [0.2, 0.25) is 0 Å². The zero-order chi connectivity index (χ0) is 10.8. The minimum Gasteiger partial charge on any atom is -0.463 e. The van der Waals surface area contributed by atoms with E-state index in [2.05, 4.69) is 4.98 Å². The van der Waals surface area contributed by atoms with E-state index >= 15 is 0 Å². The number of furan rings is 1. The summed E-state index contributed by atoms with van der Waals surface area (Å²) < 4.78 is 18.1. The summed E-state index contributed by atoms with van der Waals surface area (Å²) in [6.07, 6.45) is 1.52. The number of pyridine rings is 1. The Morgan fingerprint density at radius 2 is 2.20 bits per heavy atom. The molecule has 2 heterocycles. The first-order valence-corrected chi connectivity index (χ1v) is 4.51. The molecular weight excluding hydrogens is 197 g/mol. The van der Waals surface area contributed by atoms with Crippen molar-refractivity contribution < 1.29 is 13.9 Å². The van der Waals surface area contributed by atoms with Crippen LogP contribution in [0.15, 0.2) is 35.0 Å². The Labute approximate surface area is 86.2 Å². The lowest BCUT2D eigenvalue weighted by Gasteiger charge is -2.06. The van der Waals surface area contributed by atoms with Crippen LogP contribution in [0, 0.1) is 12.7 Å². The SMILES string of the molecule is Cc1ccc(C(O)c2cncc(F)c2)o1. The van der Waals surface area contributed by atoms with Crippen molar-refractivity contribution >= 4 is 0 Å². The van der Waals surface area contributed by atoms with Crippen molar-refractivity contribution in [1.29, 1.82) is 0 Å². The standard InChI is InChI=1S/C11H10FNO2/c1-7-2-3-10(15-7)11(14)8-4-9(12)6-13-5-8/h2-6,11,14H,1H3. The molecular formula is C11H10FNO2. The van der Waals surface area contributed by atoms with Crippen molar-refractivity contribution in [3.05, 3.63) is 53.5 Å². The van der Waals surface area contributed by atoms with Crippen LogP contribution in [-0.4, -0.2) is 10.1 Å². The molecule has 0 bridgehead atoms. The maximum Gasteiger partial charge on any atom is 0.141 e. The molecule has 78 valence electrons. The van der Waals surface area contributed by atoms with Gasteiger partial charge in [-0.05, 0) is 25.1 Å². The largest absolute Gasteiger partial charge is 0.463 e. The molecule has 0 amide bonds. The highest BCUT2D eigenvalue weighted by Crippen LogP contribution is 2.23. The fourth-order valence-corrected chi connectivity index (χ4v) is 1.34. The molecule has 1 unspecified atom stereocenters. The van der Waals surface area contributed by atoms with Crippen molar-refractivity contribution in [2.45, 2.75) is 13.0 Å². The van der Waals surface area contributed by atoms with Crippen molar-refractivity contribution in [1.82, 2.24) is 4.98 Å². The lowest BCUT2D eigenvalue weighted by Crippen LogP contribution is -1.99. The minimum absolute atomic E-state index is 0.379. The molecule has 0 aromatic carbocycles. The van der Waals surface area contributed by atoms with Crippen LogP contribution in [0.1, 0.15) is 23.2 Å². The summed E-state index contributed by atoms with van der Waals surface area (Å²) in [4.78, 5) is 3.66. The molecule has 3 nitrogen and oxygen atoms in total. The normalized spacial score (nSPS) is 12.7. The molecule has 1 N–H and O–H groups in total. The highest BCUT2D eigenvalue weighted by molar-refractivity contribution is 5.22. The van der Waals surface area contributed by atoms with Crippen LogP contribution in [0.3, 0.4) is 0 Å². The zero-order valence-electron chi connectivity index (χ0n) is 8.14. The molecule has 0 fully saturated rings. The van der Waals surface area contributed by atoms with Gasteiger partial charge in [0, 0.05) is 11.8 Å². The Bertz CT molecular complexity index is 467. The Balaban J connectivity index is 2.32. The lowest BCUT2D eigenvalue weighted by molar-refractivity contribution is 0.187. The third kappa shape index (κ3) is 2.05. The first-order valence-electron chi connectivity index (χ1n) is 4.51. The summed E-state index contributed by atoms with van der Waals surface area (Å²) >= 11 is 0. The summed E-state index contributed by atoms with van der Waals surface area (Å²) in [7, 11) is 0. The maximum atomic E-state index is 12.8. The molecule has 2 aromatic heterocycles. The van der Waals surface area contributed by atoms with Gasteiger partial charge < -0.3 is 9.52 Å².